The molecule has 0 aliphatic carbocycles. The largest absolute Gasteiger partial charge is 0.497 e. The lowest BCUT2D eigenvalue weighted by atomic mass is 10.1. The third kappa shape index (κ3) is 5.46. The number of carbonyl (C=O) groups is 1. The van der Waals surface area contributed by atoms with Crippen molar-refractivity contribution in [3.63, 3.8) is 0 Å². The summed E-state index contributed by atoms with van der Waals surface area (Å²) in [6, 6.07) is 16.7. The summed E-state index contributed by atoms with van der Waals surface area (Å²) in [4.78, 5) is 11.8. The Morgan fingerprint density at radius 3 is 2.83 bits per heavy atom. The Morgan fingerprint density at radius 1 is 1.22 bits per heavy atom. The summed E-state index contributed by atoms with van der Waals surface area (Å²) < 4.78 is 5.18. The Morgan fingerprint density at radius 2 is 2.04 bits per heavy atom. The Balaban J connectivity index is 1.73. The van der Waals surface area contributed by atoms with E-state index in [9.17, 15) is 4.79 Å². The molecule has 0 fully saturated rings. The second kappa shape index (κ2) is 8.57. The first-order valence-corrected chi connectivity index (χ1v) is 7.35. The van der Waals surface area contributed by atoms with Gasteiger partial charge in [-0.25, -0.2) is 0 Å². The SMILES string of the molecule is COc1cccc(CCNCC(=O)Nc2cccc(C#N)c2)c1. The Kier molecular flexibility index (Phi) is 6.16. The molecule has 23 heavy (non-hydrogen) atoms. The summed E-state index contributed by atoms with van der Waals surface area (Å²) in [7, 11) is 1.64. The van der Waals surface area contributed by atoms with Crippen molar-refractivity contribution < 1.29 is 9.53 Å². The standard InChI is InChI=1S/C18H19N3O2/c1-23-17-7-3-4-14(11-17)8-9-20-13-18(22)21-16-6-2-5-15(10-16)12-19/h2-7,10-11,20H,8-9,13H2,1H3,(H,21,22). The van der Waals surface area contributed by atoms with Gasteiger partial charge in [0.2, 0.25) is 5.91 Å². The van der Waals surface area contributed by atoms with Crippen LogP contribution < -0.4 is 15.4 Å². The topological polar surface area (TPSA) is 74.2 Å². The van der Waals surface area contributed by atoms with Crippen molar-refractivity contribution in [2.45, 2.75) is 6.42 Å². The first-order valence-electron chi connectivity index (χ1n) is 7.35. The number of hydrogen-bond donors (Lipinski definition) is 2. The van der Waals surface area contributed by atoms with Gasteiger partial charge in [-0.1, -0.05) is 18.2 Å². The molecule has 0 unspecified atom stereocenters. The minimum Gasteiger partial charge on any atom is -0.497 e. The summed E-state index contributed by atoms with van der Waals surface area (Å²) >= 11 is 0. The number of nitrogens with one attached hydrogen (secondary N) is 2. The molecule has 5 nitrogen and oxygen atoms in total. The zero-order valence-electron chi connectivity index (χ0n) is 13.0. The smallest absolute Gasteiger partial charge is 0.238 e. The zero-order valence-corrected chi connectivity index (χ0v) is 13.0. The summed E-state index contributed by atoms with van der Waals surface area (Å²) in [6.07, 6.45) is 0.814. The molecule has 0 radical (unpaired) electrons. The van der Waals surface area contributed by atoms with Crippen LogP contribution in [0, 0.1) is 11.3 Å². The van der Waals surface area contributed by atoms with Gasteiger partial charge in [0.25, 0.3) is 0 Å². The van der Waals surface area contributed by atoms with Crippen LogP contribution in [0.1, 0.15) is 11.1 Å². The molecule has 118 valence electrons. The van der Waals surface area contributed by atoms with Crippen LogP contribution >= 0.6 is 0 Å². The minimum atomic E-state index is -0.134. The molecule has 0 saturated carbocycles. The number of benzene rings is 2. The van der Waals surface area contributed by atoms with Gasteiger partial charge in [-0.15, -0.1) is 0 Å². The van der Waals surface area contributed by atoms with Crippen LogP contribution in [0.2, 0.25) is 0 Å². The van der Waals surface area contributed by atoms with Crippen molar-refractivity contribution in [3.05, 3.63) is 59.7 Å². The number of carbonyl (C=O) groups excluding carboxylic acids is 1. The lowest BCUT2D eigenvalue weighted by molar-refractivity contribution is -0.115. The van der Waals surface area contributed by atoms with Gasteiger partial charge in [0, 0.05) is 5.69 Å². The normalized spacial score (nSPS) is 9.91. The fraction of sp³-hybridized carbons (Fsp3) is 0.222. The Labute approximate surface area is 135 Å². The van der Waals surface area contributed by atoms with Crippen LogP contribution in [-0.4, -0.2) is 26.1 Å². The fourth-order valence-corrected chi connectivity index (χ4v) is 2.13. The molecule has 2 N–H and O–H groups in total. The maximum Gasteiger partial charge on any atom is 0.238 e. The second-order valence-corrected chi connectivity index (χ2v) is 5.02. The van der Waals surface area contributed by atoms with Crippen molar-refractivity contribution in [3.8, 4) is 11.8 Å². The van der Waals surface area contributed by atoms with E-state index < -0.39 is 0 Å². The Bertz CT molecular complexity index is 707. The van der Waals surface area contributed by atoms with Gasteiger partial charge < -0.3 is 15.4 Å². The van der Waals surface area contributed by atoms with Gasteiger partial charge in [0.15, 0.2) is 0 Å². The quantitative estimate of drug-likeness (QED) is 0.770. The monoisotopic (exact) mass is 309 g/mol. The first kappa shape index (κ1) is 16.5. The Hall–Kier alpha value is -2.84. The van der Waals surface area contributed by atoms with Crippen molar-refractivity contribution in [1.29, 1.82) is 5.26 Å². The fourth-order valence-electron chi connectivity index (χ4n) is 2.13. The summed E-state index contributed by atoms with van der Waals surface area (Å²) in [6.45, 7) is 0.916. The van der Waals surface area contributed by atoms with Crippen molar-refractivity contribution in [1.82, 2.24) is 5.32 Å². The highest BCUT2D eigenvalue weighted by molar-refractivity contribution is 5.92. The average Bonchev–Trinajstić information content (AvgIpc) is 2.59. The predicted octanol–water partition coefficient (Wildman–Crippen LogP) is 2.34. The number of methoxy groups -OCH3 is 1. The molecule has 2 rings (SSSR count). The molecule has 0 aromatic heterocycles. The van der Waals surface area contributed by atoms with Gasteiger partial charge in [-0.2, -0.15) is 5.26 Å². The summed E-state index contributed by atoms with van der Waals surface area (Å²) in [5, 5.41) is 14.7. The van der Waals surface area contributed by atoms with Gasteiger partial charge in [-0.3, -0.25) is 4.79 Å². The van der Waals surface area contributed by atoms with Gasteiger partial charge in [0.1, 0.15) is 5.75 Å². The van der Waals surface area contributed by atoms with Crippen LogP contribution in [-0.2, 0) is 11.2 Å². The first-order chi connectivity index (χ1) is 11.2. The molecule has 5 heteroatoms. The van der Waals surface area contributed by atoms with Gasteiger partial charge in [-0.05, 0) is 48.9 Å². The maximum absolute atomic E-state index is 11.8. The van der Waals surface area contributed by atoms with E-state index >= 15 is 0 Å². The minimum absolute atomic E-state index is 0.134. The third-order valence-corrected chi connectivity index (χ3v) is 3.29. The van der Waals surface area contributed by atoms with Crippen molar-refractivity contribution in [2.75, 3.05) is 25.5 Å². The number of anilines is 1. The number of rotatable bonds is 7. The van der Waals surface area contributed by atoms with Crippen molar-refractivity contribution >= 4 is 11.6 Å². The molecule has 0 saturated heterocycles. The van der Waals surface area contributed by atoms with Crippen LogP contribution in [0.3, 0.4) is 0 Å². The van der Waals surface area contributed by atoms with Gasteiger partial charge >= 0.3 is 0 Å². The van der Waals surface area contributed by atoms with Gasteiger partial charge in [0.05, 0.1) is 25.3 Å². The lowest BCUT2D eigenvalue weighted by Crippen LogP contribution is -2.29. The van der Waals surface area contributed by atoms with E-state index in [1.807, 2.05) is 30.3 Å². The van der Waals surface area contributed by atoms with E-state index in [0.717, 1.165) is 17.7 Å². The number of nitriles is 1. The van der Waals surface area contributed by atoms with Crippen LogP contribution in [0.5, 0.6) is 5.75 Å². The molecule has 0 atom stereocenters. The highest BCUT2D eigenvalue weighted by Crippen LogP contribution is 2.12. The van der Waals surface area contributed by atoms with Crippen LogP contribution in [0.4, 0.5) is 5.69 Å². The molecule has 0 aliphatic heterocycles. The van der Waals surface area contributed by atoms with E-state index in [1.165, 1.54) is 0 Å². The number of ether oxygens (including phenoxy) is 1. The molecule has 0 bridgehead atoms. The second-order valence-electron chi connectivity index (χ2n) is 5.02. The summed E-state index contributed by atoms with van der Waals surface area (Å²) in [5.41, 5.74) is 2.30. The van der Waals surface area contributed by atoms with E-state index in [1.54, 1.807) is 31.4 Å². The molecule has 0 spiro atoms. The molecule has 0 aliphatic rings. The highest BCUT2D eigenvalue weighted by Gasteiger charge is 2.03. The summed E-state index contributed by atoms with van der Waals surface area (Å²) in [5.74, 6) is 0.698. The lowest BCUT2D eigenvalue weighted by Gasteiger charge is -2.08. The van der Waals surface area contributed by atoms with Crippen molar-refractivity contribution in [2.24, 2.45) is 0 Å². The zero-order chi connectivity index (χ0) is 16.5. The molecular formula is C18H19N3O2. The van der Waals surface area contributed by atoms with Crippen LogP contribution in [0.15, 0.2) is 48.5 Å². The number of nitrogens with zero attached hydrogens (tertiary/aromatic N) is 1. The average molecular weight is 309 g/mol. The number of hydrogen-bond acceptors (Lipinski definition) is 4. The number of amides is 1. The molecule has 2 aromatic carbocycles. The molecular weight excluding hydrogens is 290 g/mol. The van der Waals surface area contributed by atoms with E-state index in [0.29, 0.717) is 17.8 Å². The molecule has 2 aromatic rings. The van der Waals surface area contributed by atoms with E-state index in [-0.39, 0.29) is 12.5 Å². The highest BCUT2D eigenvalue weighted by atomic mass is 16.5. The van der Waals surface area contributed by atoms with E-state index in [4.69, 9.17) is 10.00 Å². The van der Waals surface area contributed by atoms with E-state index in [2.05, 4.69) is 10.6 Å². The molecule has 0 heterocycles. The third-order valence-electron chi connectivity index (χ3n) is 3.29. The van der Waals surface area contributed by atoms with Crippen LogP contribution in [0.25, 0.3) is 0 Å². The maximum atomic E-state index is 11.8. The molecule has 1 amide bonds. The predicted molar refractivity (Wildman–Crippen MR) is 89.4 cm³/mol.